The lowest BCUT2D eigenvalue weighted by molar-refractivity contribution is 1.32. The summed E-state index contributed by atoms with van der Waals surface area (Å²) >= 11 is 5.47. The molecule has 0 spiro atoms. The number of thiocarbonyl (C=S) groups is 1. The predicted molar refractivity (Wildman–Crippen MR) is 96.4 cm³/mol. The molecule has 0 saturated carbocycles. The van der Waals surface area contributed by atoms with Gasteiger partial charge in [-0.2, -0.15) is 0 Å². The van der Waals surface area contributed by atoms with Crippen molar-refractivity contribution in [3.63, 3.8) is 0 Å². The van der Waals surface area contributed by atoms with Crippen molar-refractivity contribution >= 4 is 28.7 Å². The van der Waals surface area contributed by atoms with Crippen LogP contribution in [0.1, 0.15) is 27.8 Å². The Balaban J connectivity index is 2.20. The zero-order valence-electron chi connectivity index (χ0n) is 13.3. The van der Waals surface area contributed by atoms with Crippen molar-refractivity contribution in [3.05, 3.63) is 58.1 Å². The van der Waals surface area contributed by atoms with Gasteiger partial charge < -0.3 is 10.6 Å². The minimum Gasteiger partial charge on any atom is -0.332 e. The van der Waals surface area contributed by atoms with Gasteiger partial charge in [0.15, 0.2) is 5.11 Å². The minimum absolute atomic E-state index is 0.627. The highest BCUT2D eigenvalue weighted by Gasteiger charge is 2.08. The van der Waals surface area contributed by atoms with E-state index < -0.39 is 0 Å². The molecular weight excluding hydrogens is 276 g/mol. The van der Waals surface area contributed by atoms with Gasteiger partial charge in [-0.25, -0.2) is 0 Å². The normalized spacial score (nSPS) is 10.3. The number of hydrogen-bond acceptors (Lipinski definition) is 1. The van der Waals surface area contributed by atoms with Crippen molar-refractivity contribution in [3.8, 4) is 0 Å². The standard InChI is InChI=1S/C18H22N2S/c1-11-9-14(4)17(15(5)10-11)20-18(21)19-16-12(2)7-6-8-13(16)3/h6-10H,1-5H3,(H2,19,20,21). The molecule has 0 radical (unpaired) electrons. The highest BCUT2D eigenvalue weighted by Crippen LogP contribution is 2.23. The molecule has 0 aliphatic heterocycles. The lowest BCUT2D eigenvalue weighted by Gasteiger charge is -2.17. The van der Waals surface area contributed by atoms with Gasteiger partial charge in [0.05, 0.1) is 0 Å². The summed E-state index contributed by atoms with van der Waals surface area (Å²) in [5.41, 5.74) is 8.23. The van der Waals surface area contributed by atoms with E-state index in [1.54, 1.807) is 0 Å². The van der Waals surface area contributed by atoms with Gasteiger partial charge in [-0.1, -0.05) is 35.9 Å². The first-order valence-electron chi connectivity index (χ1n) is 7.10. The molecule has 2 nitrogen and oxygen atoms in total. The summed E-state index contributed by atoms with van der Waals surface area (Å²) in [5.74, 6) is 0. The summed E-state index contributed by atoms with van der Waals surface area (Å²) in [6.45, 7) is 10.5. The molecule has 0 bridgehead atoms. The Kier molecular flexibility index (Phi) is 4.63. The second-order valence-corrected chi connectivity index (χ2v) is 6.03. The molecule has 0 aliphatic rings. The Morgan fingerprint density at radius 2 is 1.19 bits per heavy atom. The van der Waals surface area contributed by atoms with Gasteiger partial charge in [0.1, 0.15) is 0 Å². The molecule has 3 heteroatoms. The zero-order valence-corrected chi connectivity index (χ0v) is 14.1. The number of nitrogens with one attached hydrogen (secondary N) is 2. The first-order valence-corrected chi connectivity index (χ1v) is 7.51. The summed E-state index contributed by atoms with van der Waals surface area (Å²) < 4.78 is 0. The Morgan fingerprint density at radius 1 is 0.762 bits per heavy atom. The lowest BCUT2D eigenvalue weighted by Crippen LogP contribution is -2.21. The molecule has 110 valence electrons. The number of para-hydroxylation sites is 1. The van der Waals surface area contributed by atoms with Gasteiger partial charge >= 0.3 is 0 Å². The van der Waals surface area contributed by atoms with Crippen LogP contribution in [0.3, 0.4) is 0 Å². The van der Waals surface area contributed by atoms with Gasteiger partial charge in [-0.15, -0.1) is 0 Å². The van der Waals surface area contributed by atoms with Crippen LogP contribution in [0, 0.1) is 34.6 Å². The van der Waals surface area contributed by atoms with Gasteiger partial charge in [0.25, 0.3) is 0 Å². The topological polar surface area (TPSA) is 24.1 Å². The Hall–Kier alpha value is -1.87. The molecule has 21 heavy (non-hydrogen) atoms. The molecule has 0 fully saturated rings. The maximum atomic E-state index is 5.47. The van der Waals surface area contributed by atoms with E-state index in [0.717, 1.165) is 11.4 Å². The quantitative estimate of drug-likeness (QED) is 0.760. The first kappa shape index (κ1) is 15.5. The maximum Gasteiger partial charge on any atom is 0.175 e. The van der Waals surface area contributed by atoms with Crippen LogP contribution < -0.4 is 10.6 Å². The van der Waals surface area contributed by atoms with E-state index in [4.69, 9.17) is 12.2 Å². The summed E-state index contributed by atoms with van der Waals surface area (Å²) in [6.07, 6.45) is 0. The predicted octanol–water partition coefficient (Wildman–Crippen LogP) is 5.04. The summed E-state index contributed by atoms with van der Waals surface area (Å²) in [4.78, 5) is 0. The van der Waals surface area contributed by atoms with Crippen molar-refractivity contribution < 1.29 is 0 Å². The number of hydrogen-bond donors (Lipinski definition) is 2. The third-order valence-corrected chi connectivity index (χ3v) is 3.84. The fraction of sp³-hybridized carbons (Fsp3) is 0.278. The third-order valence-electron chi connectivity index (χ3n) is 3.64. The molecular formula is C18H22N2S. The van der Waals surface area contributed by atoms with E-state index in [1.807, 2.05) is 0 Å². The largest absolute Gasteiger partial charge is 0.332 e. The molecule has 0 saturated heterocycles. The number of aryl methyl sites for hydroxylation is 5. The highest BCUT2D eigenvalue weighted by molar-refractivity contribution is 7.80. The zero-order chi connectivity index (χ0) is 15.6. The van der Waals surface area contributed by atoms with Gasteiger partial charge in [-0.3, -0.25) is 0 Å². The number of benzene rings is 2. The Bertz CT molecular complexity index is 646. The molecule has 0 atom stereocenters. The van der Waals surface area contributed by atoms with Crippen LogP contribution in [0.15, 0.2) is 30.3 Å². The van der Waals surface area contributed by atoms with Gasteiger partial charge in [0.2, 0.25) is 0 Å². The molecule has 2 N–H and O–H groups in total. The van der Waals surface area contributed by atoms with Crippen molar-refractivity contribution in [2.75, 3.05) is 10.6 Å². The van der Waals surface area contributed by atoms with Gasteiger partial charge in [-0.05, 0) is 69.1 Å². The Morgan fingerprint density at radius 3 is 1.67 bits per heavy atom. The van der Waals surface area contributed by atoms with E-state index in [9.17, 15) is 0 Å². The van der Waals surface area contributed by atoms with Crippen molar-refractivity contribution in [1.29, 1.82) is 0 Å². The third kappa shape index (κ3) is 3.61. The summed E-state index contributed by atoms with van der Waals surface area (Å²) in [6, 6.07) is 10.6. The molecule has 0 heterocycles. The second kappa shape index (κ2) is 6.27. The highest BCUT2D eigenvalue weighted by atomic mass is 32.1. The fourth-order valence-electron chi connectivity index (χ4n) is 2.65. The van der Waals surface area contributed by atoms with Crippen LogP contribution in [0.4, 0.5) is 11.4 Å². The smallest absolute Gasteiger partial charge is 0.175 e. The average Bonchev–Trinajstić information content (AvgIpc) is 2.38. The molecule has 0 amide bonds. The van der Waals surface area contributed by atoms with Crippen LogP contribution in [0.5, 0.6) is 0 Å². The van der Waals surface area contributed by atoms with Crippen LogP contribution in [0.2, 0.25) is 0 Å². The molecule has 2 aromatic rings. The summed E-state index contributed by atoms with van der Waals surface area (Å²) in [5, 5.41) is 7.27. The molecule has 0 aliphatic carbocycles. The minimum atomic E-state index is 0.627. The molecule has 0 unspecified atom stereocenters. The SMILES string of the molecule is Cc1cc(C)c(NC(=S)Nc2c(C)cccc2C)c(C)c1. The number of rotatable bonds is 2. The van der Waals surface area contributed by atoms with Crippen molar-refractivity contribution in [2.24, 2.45) is 0 Å². The second-order valence-electron chi connectivity index (χ2n) is 5.62. The van der Waals surface area contributed by atoms with E-state index in [2.05, 4.69) is 75.6 Å². The van der Waals surface area contributed by atoms with Crippen LogP contribution in [-0.2, 0) is 0 Å². The van der Waals surface area contributed by atoms with Crippen LogP contribution >= 0.6 is 12.2 Å². The van der Waals surface area contributed by atoms with Crippen molar-refractivity contribution in [2.45, 2.75) is 34.6 Å². The lowest BCUT2D eigenvalue weighted by atomic mass is 10.1. The van der Waals surface area contributed by atoms with E-state index >= 15 is 0 Å². The molecule has 0 aromatic heterocycles. The van der Waals surface area contributed by atoms with E-state index in [-0.39, 0.29) is 0 Å². The van der Waals surface area contributed by atoms with Crippen molar-refractivity contribution in [1.82, 2.24) is 0 Å². The number of anilines is 2. The van der Waals surface area contributed by atoms with Crippen LogP contribution in [0.25, 0.3) is 0 Å². The fourth-order valence-corrected chi connectivity index (χ4v) is 2.85. The van der Waals surface area contributed by atoms with E-state index in [1.165, 1.54) is 27.8 Å². The van der Waals surface area contributed by atoms with Gasteiger partial charge in [0, 0.05) is 11.4 Å². The molecule has 2 aromatic carbocycles. The van der Waals surface area contributed by atoms with E-state index in [0.29, 0.717) is 5.11 Å². The molecule has 2 rings (SSSR count). The summed E-state index contributed by atoms with van der Waals surface area (Å²) in [7, 11) is 0. The Labute approximate surface area is 132 Å². The van der Waals surface area contributed by atoms with Crippen LogP contribution in [-0.4, -0.2) is 5.11 Å². The average molecular weight is 298 g/mol. The first-order chi connectivity index (χ1) is 9.88. The monoisotopic (exact) mass is 298 g/mol. The maximum absolute atomic E-state index is 5.47.